The van der Waals surface area contributed by atoms with E-state index >= 15 is 0 Å². The Hall–Kier alpha value is -1.77. The molecule has 1 unspecified atom stereocenters. The molecular weight excluding hydrogens is 701 g/mol. The second-order valence-corrected chi connectivity index (χ2v) is 17.2. The Morgan fingerprint density at radius 1 is 0.611 bits per heavy atom. The number of hydrogen-bond acceptors (Lipinski definition) is 8. The largest absolute Gasteiger partial charge is 0.756 e. The van der Waals surface area contributed by atoms with Crippen molar-refractivity contribution in [3.8, 4) is 0 Å². The number of quaternary nitrogens is 1. The van der Waals surface area contributed by atoms with Crippen LogP contribution in [0, 0.1) is 0 Å². The summed E-state index contributed by atoms with van der Waals surface area (Å²) >= 11 is 0. The number of hydrogen-bond donors (Lipinski definition) is 0. The van der Waals surface area contributed by atoms with Crippen molar-refractivity contribution in [3.63, 3.8) is 0 Å². The first-order valence-electron chi connectivity index (χ1n) is 21.7. The van der Waals surface area contributed by atoms with Crippen LogP contribution in [0.1, 0.15) is 181 Å². The maximum atomic E-state index is 12.6. The SMILES string of the molecule is CCCCCCCC/C=C/CCCCCCCC(=O)O[C@H](COC(=O)/C=C/C=C/CCCCCCCCCCCCC)COP(=O)([O-])OCC[N+](C)(C)C. The smallest absolute Gasteiger partial charge is 0.330 e. The second-order valence-electron chi connectivity index (χ2n) is 15.8. The standard InChI is InChI=1S/C44H82NO8P/c1-6-8-10-12-14-16-18-20-22-24-26-28-30-32-34-36-43(46)50-40-42(41-52-54(48,49)51-39-38-45(3,4)5)53-44(47)37-35-33-31-29-27-25-23-21-19-17-15-13-11-9-7-2/h21,23,30,32,34,36,42H,6-20,22,24-29,31,33,35,37-41H2,1-5H3/b23-21+,32-30+,36-34+/t42-/m1/s1. The van der Waals surface area contributed by atoms with Crippen LogP contribution in [0.4, 0.5) is 0 Å². The van der Waals surface area contributed by atoms with Gasteiger partial charge in [-0.15, -0.1) is 0 Å². The van der Waals surface area contributed by atoms with Crippen LogP contribution < -0.4 is 4.89 Å². The summed E-state index contributed by atoms with van der Waals surface area (Å²) in [6, 6.07) is 0. The van der Waals surface area contributed by atoms with Crippen LogP contribution in [0.5, 0.6) is 0 Å². The molecule has 9 nitrogen and oxygen atoms in total. The minimum absolute atomic E-state index is 0.0449. The van der Waals surface area contributed by atoms with Crippen LogP contribution in [0.25, 0.3) is 0 Å². The quantitative estimate of drug-likeness (QED) is 0.0115. The first-order chi connectivity index (χ1) is 26.0. The Morgan fingerprint density at radius 2 is 1.07 bits per heavy atom. The number of carbonyl (C=O) groups is 2. The molecule has 0 amide bonds. The summed E-state index contributed by atoms with van der Waals surface area (Å²) < 4.78 is 33.7. The predicted octanol–water partition coefficient (Wildman–Crippen LogP) is 11.5. The van der Waals surface area contributed by atoms with Crippen molar-refractivity contribution in [2.75, 3.05) is 47.5 Å². The number of phosphoric acid groups is 1. The van der Waals surface area contributed by atoms with E-state index in [0.717, 1.165) is 44.9 Å². The predicted molar refractivity (Wildman–Crippen MR) is 222 cm³/mol. The molecule has 316 valence electrons. The summed E-state index contributed by atoms with van der Waals surface area (Å²) in [5.74, 6) is -1.10. The normalized spacial score (nSPS) is 14.0. The van der Waals surface area contributed by atoms with Crippen molar-refractivity contribution in [2.45, 2.75) is 187 Å². The molecule has 0 fully saturated rings. The highest BCUT2D eigenvalue weighted by atomic mass is 31.2. The summed E-state index contributed by atoms with van der Waals surface area (Å²) in [6.07, 6.45) is 40.9. The van der Waals surface area contributed by atoms with E-state index in [1.54, 1.807) is 6.08 Å². The first kappa shape index (κ1) is 52.2. The maximum Gasteiger partial charge on any atom is 0.330 e. The molecule has 0 bridgehead atoms. The van der Waals surface area contributed by atoms with Crippen LogP contribution in [0.3, 0.4) is 0 Å². The Labute approximate surface area is 331 Å². The average molecular weight is 784 g/mol. The topological polar surface area (TPSA) is 111 Å². The number of unbranched alkanes of at least 4 members (excludes halogenated alkanes) is 22. The van der Waals surface area contributed by atoms with Crippen molar-refractivity contribution in [1.29, 1.82) is 0 Å². The zero-order valence-corrected chi connectivity index (χ0v) is 36.3. The summed E-state index contributed by atoms with van der Waals surface area (Å²) in [5, 5.41) is 0. The van der Waals surface area contributed by atoms with Gasteiger partial charge >= 0.3 is 11.9 Å². The molecule has 0 saturated heterocycles. The molecule has 54 heavy (non-hydrogen) atoms. The number of phosphoric ester groups is 1. The first-order valence-corrected chi connectivity index (χ1v) is 23.2. The summed E-state index contributed by atoms with van der Waals surface area (Å²) in [4.78, 5) is 37.3. The van der Waals surface area contributed by atoms with E-state index in [1.807, 2.05) is 33.3 Å². The minimum Gasteiger partial charge on any atom is -0.756 e. The lowest BCUT2D eigenvalue weighted by atomic mass is 10.1. The molecule has 0 saturated carbocycles. The molecule has 0 aromatic rings. The molecule has 0 aliphatic carbocycles. The van der Waals surface area contributed by atoms with Gasteiger partial charge in [-0.2, -0.15) is 0 Å². The Morgan fingerprint density at radius 3 is 1.57 bits per heavy atom. The number of esters is 2. The molecular formula is C44H82NO8P. The van der Waals surface area contributed by atoms with E-state index in [1.165, 1.54) is 115 Å². The van der Waals surface area contributed by atoms with Crippen molar-refractivity contribution in [2.24, 2.45) is 0 Å². The molecule has 0 aromatic carbocycles. The summed E-state index contributed by atoms with van der Waals surface area (Å²) in [6.45, 7) is 4.08. The zero-order valence-electron chi connectivity index (χ0n) is 35.4. The van der Waals surface area contributed by atoms with Crippen LogP contribution >= 0.6 is 7.82 Å². The highest BCUT2D eigenvalue weighted by molar-refractivity contribution is 7.45. The van der Waals surface area contributed by atoms with E-state index in [9.17, 15) is 19.0 Å². The van der Waals surface area contributed by atoms with Gasteiger partial charge in [-0.1, -0.05) is 160 Å². The lowest BCUT2D eigenvalue weighted by Crippen LogP contribution is -2.37. The monoisotopic (exact) mass is 784 g/mol. The van der Waals surface area contributed by atoms with Crippen LogP contribution in [-0.4, -0.2) is 70.0 Å². The number of allylic oxidation sites excluding steroid dienone is 5. The third kappa shape index (κ3) is 39.9. The number of carbonyl (C=O) groups excluding carboxylic acids is 2. The number of nitrogens with zero attached hydrogens (tertiary/aromatic N) is 1. The Balaban J connectivity index is 4.48. The highest BCUT2D eigenvalue weighted by Gasteiger charge is 2.21. The van der Waals surface area contributed by atoms with E-state index in [4.69, 9.17) is 18.5 Å². The van der Waals surface area contributed by atoms with Gasteiger partial charge in [0, 0.05) is 12.5 Å². The van der Waals surface area contributed by atoms with Gasteiger partial charge in [-0.3, -0.25) is 9.36 Å². The van der Waals surface area contributed by atoms with Gasteiger partial charge in [0.15, 0.2) is 6.10 Å². The van der Waals surface area contributed by atoms with Crippen LogP contribution in [0.15, 0.2) is 36.5 Å². The molecule has 2 atom stereocenters. The zero-order chi connectivity index (χ0) is 40.0. The van der Waals surface area contributed by atoms with Crippen molar-refractivity contribution < 1.29 is 42.1 Å². The highest BCUT2D eigenvalue weighted by Crippen LogP contribution is 2.38. The molecule has 0 aliphatic heterocycles. The fourth-order valence-electron chi connectivity index (χ4n) is 5.80. The summed E-state index contributed by atoms with van der Waals surface area (Å²) in [5.41, 5.74) is 0. The van der Waals surface area contributed by atoms with Gasteiger partial charge in [-0.25, -0.2) is 4.79 Å². The molecule has 0 heterocycles. The fraction of sp³-hybridized carbons (Fsp3) is 0.818. The third-order valence-electron chi connectivity index (χ3n) is 9.24. The number of likely N-dealkylation sites (N-methyl/N-ethyl adjacent to an activating group) is 1. The Bertz CT molecular complexity index is 1020. The van der Waals surface area contributed by atoms with E-state index in [-0.39, 0.29) is 19.6 Å². The molecule has 0 rings (SSSR count). The van der Waals surface area contributed by atoms with Gasteiger partial charge in [0.1, 0.15) is 19.8 Å². The molecule has 0 radical (unpaired) electrons. The van der Waals surface area contributed by atoms with E-state index < -0.39 is 32.5 Å². The lowest BCUT2D eigenvalue weighted by Gasteiger charge is -2.28. The third-order valence-corrected chi connectivity index (χ3v) is 10.2. The Kier molecular flexibility index (Phi) is 35.6. The van der Waals surface area contributed by atoms with Crippen LogP contribution in [0.2, 0.25) is 0 Å². The van der Waals surface area contributed by atoms with Crippen molar-refractivity contribution >= 4 is 19.8 Å². The second kappa shape index (κ2) is 36.8. The molecule has 0 spiro atoms. The maximum absolute atomic E-state index is 12.6. The van der Waals surface area contributed by atoms with Gasteiger partial charge in [0.05, 0.1) is 27.7 Å². The fourth-order valence-corrected chi connectivity index (χ4v) is 6.53. The van der Waals surface area contributed by atoms with Crippen molar-refractivity contribution in [1.82, 2.24) is 0 Å². The number of ether oxygens (including phenoxy) is 2. The van der Waals surface area contributed by atoms with Gasteiger partial charge < -0.3 is 27.9 Å². The van der Waals surface area contributed by atoms with Crippen molar-refractivity contribution in [3.05, 3.63) is 36.5 Å². The molecule has 10 heteroatoms. The molecule has 0 aliphatic rings. The minimum atomic E-state index is -4.64. The average Bonchev–Trinajstić information content (AvgIpc) is 3.12. The van der Waals surface area contributed by atoms with Crippen LogP contribution in [-0.2, 0) is 32.7 Å². The molecule has 0 N–H and O–H groups in total. The molecule has 0 aromatic heterocycles. The van der Waals surface area contributed by atoms with E-state index in [0.29, 0.717) is 17.4 Å². The summed E-state index contributed by atoms with van der Waals surface area (Å²) in [7, 11) is 1.12. The van der Waals surface area contributed by atoms with Gasteiger partial charge in [0.2, 0.25) is 0 Å². The lowest BCUT2D eigenvalue weighted by molar-refractivity contribution is -0.870. The van der Waals surface area contributed by atoms with E-state index in [2.05, 4.69) is 26.0 Å². The van der Waals surface area contributed by atoms with Gasteiger partial charge in [-0.05, 0) is 44.9 Å². The van der Waals surface area contributed by atoms with Gasteiger partial charge in [0.25, 0.3) is 7.82 Å². The number of rotatable bonds is 39.